The van der Waals surface area contributed by atoms with E-state index in [0.29, 0.717) is 0 Å². The van der Waals surface area contributed by atoms with Gasteiger partial charge >= 0.3 is 0 Å². The maximum Gasteiger partial charge on any atom is 0.101 e. The Balaban J connectivity index is 2.82. The highest BCUT2D eigenvalue weighted by Crippen LogP contribution is 2.13. The Kier molecular flexibility index (Phi) is 3.42. The molecule has 0 aliphatic carbocycles. The average molecular weight is 278 g/mol. The molecule has 0 fully saturated rings. The van der Waals surface area contributed by atoms with E-state index in [4.69, 9.17) is 5.73 Å². The molecule has 0 saturated heterocycles. The second-order valence-corrected chi connectivity index (χ2v) is 3.79. The van der Waals surface area contributed by atoms with E-state index >= 15 is 0 Å². The lowest BCUT2D eigenvalue weighted by Gasteiger charge is -2.14. The van der Waals surface area contributed by atoms with E-state index < -0.39 is 6.10 Å². The number of hydrogen-bond donors (Lipinski definition) is 2. The number of nitrogens with two attached hydrogens (primary N) is 1. The van der Waals surface area contributed by atoms with Crippen molar-refractivity contribution < 1.29 is 5.11 Å². The zero-order valence-electron chi connectivity index (χ0n) is 6.74. The van der Waals surface area contributed by atoms with E-state index in [2.05, 4.69) is 27.6 Å². The van der Waals surface area contributed by atoms with Crippen molar-refractivity contribution in [1.29, 1.82) is 0 Å². The Hall–Kier alpha value is -0.200. The normalized spacial score (nSPS) is 15.7. The molecule has 0 aromatic carbocycles. The van der Waals surface area contributed by atoms with Gasteiger partial charge in [0.15, 0.2) is 0 Å². The van der Waals surface area contributed by atoms with Crippen molar-refractivity contribution >= 4 is 22.6 Å². The van der Waals surface area contributed by atoms with Crippen LogP contribution in [0.25, 0.3) is 0 Å². The maximum atomic E-state index is 9.19. The Morgan fingerprint density at radius 1 is 1.58 bits per heavy atom. The first-order valence-corrected chi connectivity index (χ1v) is 4.74. The lowest BCUT2D eigenvalue weighted by molar-refractivity contribution is 0.164. The summed E-state index contributed by atoms with van der Waals surface area (Å²) in [6, 6.07) is 3.42. The molecule has 0 aliphatic rings. The van der Waals surface area contributed by atoms with Crippen LogP contribution in [0.15, 0.2) is 18.3 Å². The highest BCUT2D eigenvalue weighted by Gasteiger charge is 2.11. The molecule has 1 rings (SSSR count). The van der Waals surface area contributed by atoms with Crippen LogP contribution < -0.4 is 5.73 Å². The zero-order valence-corrected chi connectivity index (χ0v) is 8.89. The second kappa shape index (κ2) is 4.15. The van der Waals surface area contributed by atoms with Gasteiger partial charge in [0, 0.05) is 6.20 Å². The highest BCUT2D eigenvalue weighted by atomic mass is 127. The number of rotatable bonds is 2. The number of hydrogen-bond acceptors (Lipinski definition) is 3. The van der Waals surface area contributed by atoms with Gasteiger partial charge in [-0.2, -0.15) is 0 Å². The van der Waals surface area contributed by atoms with E-state index in [9.17, 15) is 5.11 Å². The molecule has 0 bridgehead atoms. The van der Waals surface area contributed by atoms with Gasteiger partial charge in [0.1, 0.15) is 3.70 Å². The Morgan fingerprint density at radius 2 is 2.25 bits per heavy atom. The molecule has 4 heteroatoms. The van der Waals surface area contributed by atoms with E-state index in [1.807, 2.05) is 12.1 Å². The van der Waals surface area contributed by atoms with Gasteiger partial charge in [-0.25, -0.2) is 4.98 Å². The lowest BCUT2D eigenvalue weighted by Crippen LogP contribution is -2.23. The van der Waals surface area contributed by atoms with Crippen LogP contribution in [0, 0.1) is 3.70 Å². The minimum Gasteiger partial charge on any atom is -0.391 e. The van der Waals surface area contributed by atoms with Gasteiger partial charge in [0.25, 0.3) is 0 Å². The summed E-state index contributed by atoms with van der Waals surface area (Å²) >= 11 is 2.12. The van der Waals surface area contributed by atoms with Gasteiger partial charge in [-0.1, -0.05) is 6.07 Å². The minimum atomic E-state index is -0.535. The topological polar surface area (TPSA) is 59.1 Å². The summed E-state index contributed by atoms with van der Waals surface area (Å²) in [5.41, 5.74) is 6.56. The van der Waals surface area contributed by atoms with Crippen molar-refractivity contribution in [3.8, 4) is 0 Å². The Morgan fingerprint density at radius 3 is 2.67 bits per heavy atom. The SMILES string of the molecule is CC(O)C(N)c1ccc(I)nc1. The van der Waals surface area contributed by atoms with Crippen LogP contribution in [0.2, 0.25) is 0 Å². The molecule has 1 aromatic rings. The Bertz CT molecular complexity index is 248. The molecule has 0 saturated carbocycles. The van der Waals surface area contributed by atoms with Crippen LogP contribution in [0.3, 0.4) is 0 Å². The summed E-state index contributed by atoms with van der Waals surface area (Å²) in [6.07, 6.45) is 1.16. The summed E-state index contributed by atoms with van der Waals surface area (Å²) in [5.74, 6) is 0. The second-order valence-electron chi connectivity index (χ2n) is 2.68. The van der Waals surface area contributed by atoms with Gasteiger partial charge in [-0.3, -0.25) is 0 Å². The number of aliphatic hydroxyl groups excluding tert-OH is 1. The van der Waals surface area contributed by atoms with E-state index in [-0.39, 0.29) is 6.04 Å². The largest absolute Gasteiger partial charge is 0.391 e. The van der Waals surface area contributed by atoms with Crippen LogP contribution >= 0.6 is 22.6 Å². The fourth-order valence-electron chi connectivity index (χ4n) is 0.863. The first-order chi connectivity index (χ1) is 5.61. The third-order valence-corrected chi connectivity index (χ3v) is 2.29. The molecule has 12 heavy (non-hydrogen) atoms. The molecule has 1 heterocycles. The van der Waals surface area contributed by atoms with Crippen molar-refractivity contribution in [1.82, 2.24) is 4.98 Å². The van der Waals surface area contributed by atoms with Crippen molar-refractivity contribution in [2.75, 3.05) is 0 Å². The molecule has 0 radical (unpaired) electrons. The predicted molar refractivity (Wildman–Crippen MR) is 55.6 cm³/mol. The monoisotopic (exact) mass is 278 g/mol. The first-order valence-electron chi connectivity index (χ1n) is 3.66. The standard InChI is InChI=1S/C8H11IN2O/c1-5(12)8(10)6-2-3-7(9)11-4-6/h2-5,8,12H,10H2,1H3. The molecule has 1 aromatic heterocycles. The van der Waals surface area contributed by atoms with E-state index in [1.54, 1.807) is 13.1 Å². The summed E-state index contributed by atoms with van der Waals surface area (Å²) in [6.45, 7) is 1.67. The third kappa shape index (κ3) is 2.40. The molecule has 66 valence electrons. The Labute approximate surface area is 85.1 Å². The average Bonchev–Trinajstić information content (AvgIpc) is 2.04. The van der Waals surface area contributed by atoms with Crippen LogP contribution in [-0.4, -0.2) is 16.2 Å². The summed E-state index contributed by atoms with van der Waals surface area (Å²) in [5, 5.41) is 9.19. The van der Waals surface area contributed by atoms with Gasteiger partial charge in [-0.15, -0.1) is 0 Å². The fourth-order valence-corrected chi connectivity index (χ4v) is 1.18. The molecule has 0 amide bonds. The van der Waals surface area contributed by atoms with Crippen molar-refractivity contribution in [3.63, 3.8) is 0 Å². The number of nitrogens with zero attached hydrogens (tertiary/aromatic N) is 1. The number of aromatic nitrogens is 1. The fraction of sp³-hybridized carbons (Fsp3) is 0.375. The van der Waals surface area contributed by atoms with Crippen LogP contribution in [0.5, 0.6) is 0 Å². The van der Waals surface area contributed by atoms with Gasteiger partial charge in [0.2, 0.25) is 0 Å². The lowest BCUT2D eigenvalue weighted by atomic mass is 10.1. The van der Waals surface area contributed by atoms with Crippen LogP contribution in [0.1, 0.15) is 18.5 Å². The molecule has 3 nitrogen and oxygen atoms in total. The quantitative estimate of drug-likeness (QED) is 0.628. The van der Waals surface area contributed by atoms with Crippen LogP contribution in [-0.2, 0) is 0 Å². The van der Waals surface area contributed by atoms with E-state index in [1.165, 1.54) is 0 Å². The molecule has 0 aliphatic heterocycles. The zero-order chi connectivity index (χ0) is 9.14. The number of halogens is 1. The number of aliphatic hydroxyl groups is 1. The molecule has 2 unspecified atom stereocenters. The third-order valence-electron chi connectivity index (χ3n) is 1.65. The molecule has 3 N–H and O–H groups in total. The van der Waals surface area contributed by atoms with Crippen LogP contribution in [0.4, 0.5) is 0 Å². The number of pyridine rings is 1. The van der Waals surface area contributed by atoms with Gasteiger partial charge in [-0.05, 0) is 41.1 Å². The summed E-state index contributed by atoms with van der Waals surface area (Å²) in [4.78, 5) is 4.08. The summed E-state index contributed by atoms with van der Waals surface area (Å²) < 4.78 is 0.925. The molecule has 2 atom stereocenters. The molecular formula is C8H11IN2O. The highest BCUT2D eigenvalue weighted by molar-refractivity contribution is 14.1. The maximum absolute atomic E-state index is 9.19. The van der Waals surface area contributed by atoms with Gasteiger partial charge < -0.3 is 10.8 Å². The van der Waals surface area contributed by atoms with Crippen molar-refractivity contribution in [2.24, 2.45) is 5.73 Å². The molecular weight excluding hydrogens is 267 g/mol. The first kappa shape index (κ1) is 9.88. The van der Waals surface area contributed by atoms with E-state index in [0.717, 1.165) is 9.26 Å². The molecule has 0 spiro atoms. The van der Waals surface area contributed by atoms with Gasteiger partial charge in [0.05, 0.1) is 12.1 Å². The summed E-state index contributed by atoms with van der Waals surface area (Å²) in [7, 11) is 0. The predicted octanol–water partition coefficient (Wildman–Crippen LogP) is 1.07. The minimum absolute atomic E-state index is 0.338. The smallest absolute Gasteiger partial charge is 0.101 e. The van der Waals surface area contributed by atoms with Crippen molar-refractivity contribution in [3.05, 3.63) is 27.6 Å². The van der Waals surface area contributed by atoms with Crippen molar-refractivity contribution in [2.45, 2.75) is 19.1 Å².